The molecule has 0 aromatic carbocycles. The predicted molar refractivity (Wildman–Crippen MR) is 59.6 cm³/mol. The smallest absolute Gasteiger partial charge is 0.0163 e. The average molecular weight is 172 g/mol. The summed E-state index contributed by atoms with van der Waals surface area (Å²) < 4.78 is 0. The highest BCUT2D eigenvalue weighted by molar-refractivity contribution is 5.11. The Labute approximate surface area is 80.7 Å². The van der Waals surface area contributed by atoms with Crippen molar-refractivity contribution < 1.29 is 0 Å². The van der Waals surface area contributed by atoms with Crippen LogP contribution in [0.4, 0.5) is 0 Å². The van der Waals surface area contributed by atoms with E-state index in [0.717, 1.165) is 19.3 Å². The normalized spacial score (nSPS) is 27.7. The lowest BCUT2D eigenvalue weighted by molar-refractivity contribution is 1.31. The van der Waals surface area contributed by atoms with Crippen molar-refractivity contribution in [2.24, 2.45) is 0 Å². The van der Waals surface area contributed by atoms with Crippen molar-refractivity contribution in [3.63, 3.8) is 0 Å². The van der Waals surface area contributed by atoms with E-state index in [0.29, 0.717) is 0 Å². The van der Waals surface area contributed by atoms with Crippen molar-refractivity contribution >= 4 is 0 Å². The second kappa shape index (κ2) is 7.35. The fraction of sp³-hybridized carbons (Fsp3) is 0.231. The zero-order chi connectivity index (χ0) is 9.19. The molecule has 13 heavy (non-hydrogen) atoms. The highest BCUT2D eigenvalue weighted by Crippen LogP contribution is 1.95. The SMILES string of the molecule is C1=CC/C=C/C=C/C/C=C\C=C\C1. The number of hydrogen-bond donors (Lipinski definition) is 0. The summed E-state index contributed by atoms with van der Waals surface area (Å²) in [5.74, 6) is 0. The molecule has 68 valence electrons. The molecule has 0 aliphatic heterocycles. The lowest BCUT2D eigenvalue weighted by Crippen LogP contribution is -1.59. The van der Waals surface area contributed by atoms with Crippen molar-refractivity contribution in [1.82, 2.24) is 0 Å². The molecule has 0 aromatic rings. The maximum absolute atomic E-state index is 2.19. The Morgan fingerprint density at radius 1 is 0.385 bits per heavy atom. The van der Waals surface area contributed by atoms with Gasteiger partial charge in [-0.25, -0.2) is 0 Å². The number of rotatable bonds is 0. The van der Waals surface area contributed by atoms with E-state index >= 15 is 0 Å². The standard InChI is InChI=1S/C13H16/c1-2-4-6-8-10-12-13-11-9-7-5-3-1/h1-4,7-11,13H,5-6,12H2/b3-1-,4-2+,9-7+,10-8?,13-11+. The van der Waals surface area contributed by atoms with Crippen LogP contribution in [0.1, 0.15) is 19.3 Å². The Balaban J connectivity index is 2.49. The first-order valence-corrected chi connectivity index (χ1v) is 4.78. The molecule has 0 fully saturated rings. The molecule has 0 saturated heterocycles. The largest absolute Gasteiger partial charge is 0.0844 e. The van der Waals surface area contributed by atoms with Crippen molar-refractivity contribution in [3.05, 3.63) is 60.8 Å². The molecule has 1 aliphatic rings. The van der Waals surface area contributed by atoms with Crippen LogP contribution in [-0.4, -0.2) is 0 Å². The third-order valence-corrected chi connectivity index (χ3v) is 1.75. The van der Waals surface area contributed by atoms with Crippen molar-refractivity contribution in [2.75, 3.05) is 0 Å². The molecule has 0 saturated carbocycles. The maximum atomic E-state index is 2.19. The van der Waals surface area contributed by atoms with Crippen molar-refractivity contribution in [2.45, 2.75) is 19.3 Å². The molecule has 0 bridgehead atoms. The first kappa shape index (κ1) is 9.79. The van der Waals surface area contributed by atoms with Gasteiger partial charge in [-0.05, 0) is 19.3 Å². The van der Waals surface area contributed by atoms with Gasteiger partial charge < -0.3 is 0 Å². The van der Waals surface area contributed by atoms with Crippen LogP contribution >= 0.6 is 0 Å². The minimum atomic E-state index is 1.02. The summed E-state index contributed by atoms with van der Waals surface area (Å²) >= 11 is 0. The minimum Gasteiger partial charge on any atom is -0.0844 e. The Hall–Kier alpha value is -1.30. The molecule has 0 heteroatoms. The van der Waals surface area contributed by atoms with Crippen LogP contribution in [0.25, 0.3) is 0 Å². The summed E-state index contributed by atoms with van der Waals surface area (Å²) in [6, 6.07) is 0. The van der Waals surface area contributed by atoms with E-state index in [9.17, 15) is 0 Å². The van der Waals surface area contributed by atoms with Crippen molar-refractivity contribution in [3.8, 4) is 0 Å². The third-order valence-electron chi connectivity index (χ3n) is 1.75. The van der Waals surface area contributed by atoms with Gasteiger partial charge in [0.1, 0.15) is 0 Å². The topological polar surface area (TPSA) is 0 Å². The van der Waals surface area contributed by atoms with E-state index in [1.807, 2.05) is 0 Å². The molecule has 0 radical (unpaired) electrons. The third kappa shape index (κ3) is 5.92. The summed E-state index contributed by atoms with van der Waals surface area (Å²) in [5, 5.41) is 0. The van der Waals surface area contributed by atoms with Gasteiger partial charge in [-0.2, -0.15) is 0 Å². The minimum absolute atomic E-state index is 1.02. The predicted octanol–water partition coefficient (Wildman–Crippen LogP) is 3.95. The van der Waals surface area contributed by atoms with Gasteiger partial charge in [0.05, 0.1) is 0 Å². The molecule has 0 amide bonds. The van der Waals surface area contributed by atoms with E-state index in [1.54, 1.807) is 0 Å². The Kier molecular flexibility index (Phi) is 5.54. The van der Waals surface area contributed by atoms with Gasteiger partial charge in [0.15, 0.2) is 0 Å². The summed E-state index contributed by atoms with van der Waals surface area (Å²) in [6.45, 7) is 0. The van der Waals surface area contributed by atoms with E-state index in [4.69, 9.17) is 0 Å². The quantitative estimate of drug-likeness (QED) is 0.485. The molecule has 0 unspecified atom stereocenters. The average Bonchev–Trinajstić information content (AvgIpc) is 2.18. The van der Waals surface area contributed by atoms with Crippen molar-refractivity contribution in [1.29, 1.82) is 0 Å². The van der Waals surface area contributed by atoms with E-state index in [1.165, 1.54) is 0 Å². The second-order valence-electron chi connectivity index (χ2n) is 2.89. The van der Waals surface area contributed by atoms with Crippen LogP contribution in [0, 0.1) is 0 Å². The molecule has 0 spiro atoms. The molecule has 1 rings (SSSR count). The molecule has 0 heterocycles. The molecule has 0 atom stereocenters. The molecule has 0 nitrogen and oxygen atoms in total. The molecular weight excluding hydrogens is 156 g/mol. The number of hydrogen-bond acceptors (Lipinski definition) is 0. The second-order valence-corrected chi connectivity index (χ2v) is 2.89. The first-order chi connectivity index (χ1) is 6.50. The summed E-state index contributed by atoms with van der Waals surface area (Å²) in [6.07, 6.45) is 24.5. The summed E-state index contributed by atoms with van der Waals surface area (Å²) in [7, 11) is 0. The van der Waals surface area contributed by atoms with Gasteiger partial charge in [0.2, 0.25) is 0 Å². The Morgan fingerprint density at radius 3 is 1.08 bits per heavy atom. The van der Waals surface area contributed by atoms with E-state index in [2.05, 4.69) is 60.8 Å². The number of allylic oxidation sites excluding steroid dienone is 10. The monoisotopic (exact) mass is 172 g/mol. The van der Waals surface area contributed by atoms with E-state index < -0.39 is 0 Å². The highest BCUT2D eigenvalue weighted by atomic mass is 13.8. The van der Waals surface area contributed by atoms with Gasteiger partial charge in [-0.1, -0.05) is 60.8 Å². The fourth-order valence-corrected chi connectivity index (χ4v) is 1.06. The maximum Gasteiger partial charge on any atom is -0.0163 e. The van der Waals surface area contributed by atoms with Gasteiger partial charge in [0.25, 0.3) is 0 Å². The Bertz CT molecular complexity index is 223. The van der Waals surface area contributed by atoms with Crippen LogP contribution < -0.4 is 0 Å². The van der Waals surface area contributed by atoms with Crippen LogP contribution in [0.15, 0.2) is 60.8 Å². The molecule has 0 aromatic heterocycles. The highest BCUT2D eigenvalue weighted by Gasteiger charge is 1.74. The van der Waals surface area contributed by atoms with E-state index in [-0.39, 0.29) is 0 Å². The zero-order valence-corrected chi connectivity index (χ0v) is 7.89. The van der Waals surface area contributed by atoms with Gasteiger partial charge in [-0.15, -0.1) is 0 Å². The first-order valence-electron chi connectivity index (χ1n) is 4.78. The Morgan fingerprint density at radius 2 is 0.692 bits per heavy atom. The van der Waals surface area contributed by atoms with Gasteiger partial charge >= 0.3 is 0 Å². The van der Waals surface area contributed by atoms with Gasteiger partial charge in [0, 0.05) is 0 Å². The van der Waals surface area contributed by atoms with Crippen LogP contribution in [0.3, 0.4) is 0 Å². The fourth-order valence-electron chi connectivity index (χ4n) is 1.06. The molecular formula is C13H16. The molecule has 1 aliphatic carbocycles. The lowest BCUT2D eigenvalue weighted by Gasteiger charge is -1.80. The zero-order valence-electron chi connectivity index (χ0n) is 7.89. The van der Waals surface area contributed by atoms with Crippen LogP contribution in [0.2, 0.25) is 0 Å². The lowest BCUT2D eigenvalue weighted by atomic mass is 10.3. The summed E-state index contributed by atoms with van der Waals surface area (Å²) in [4.78, 5) is 0. The van der Waals surface area contributed by atoms with Crippen LogP contribution in [-0.2, 0) is 0 Å². The van der Waals surface area contributed by atoms with Gasteiger partial charge in [-0.3, -0.25) is 0 Å². The van der Waals surface area contributed by atoms with Crippen LogP contribution in [0.5, 0.6) is 0 Å². The summed E-state index contributed by atoms with van der Waals surface area (Å²) in [5.41, 5.74) is 0. The molecule has 0 N–H and O–H groups in total.